The van der Waals surface area contributed by atoms with Crippen LogP contribution >= 0.6 is 0 Å². The molecule has 2 atom stereocenters. The Labute approximate surface area is 224 Å². The number of fused-ring (bicyclic) bond motifs is 2. The van der Waals surface area contributed by atoms with E-state index in [-0.39, 0.29) is 11.8 Å². The third-order valence-corrected chi connectivity index (χ3v) is 8.36. The Morgan fingerprint density at radius 3 is 2.61 bits per heavy atom. The normalized spacial score (nSPS) is 22.3. The molecule has 0 radical (unpaired) electrons. The Morgan fingerprint density at radius 1 is 1.08 bits per heavy atom. The second-order valence-corrected chi connectivity index (χ2v) is 10.9. The van der Waals surface area contributed by atoms with Gasteiger partial charge in [-0.25, -0.2) is 4.98 Å². The van der Waals surface area contributed by atoms with Gasteiger partial charge in [-0.2, -0.15) is 0 Å². The van der Waals surface area contributed by atoms with Gasteiger partial charge in [0.1, 0.15) is 0 Å². The molecule has 2 unspecified atom stereocenters. The number of nitrogens with zero attached hydrogens (tertiary/aromatic N) is 2. The van der Waals surface area contributed by atoms with Crippen LogP contribution < -0.4 is 15.5 Å². The molecule has 4 N–H and O–H groups in total. The fourth-order valence-electron chi connectivity index (χ4n) is 6.29. The number of hydrogen-bond acceptors (Lipinski definition) is 5. The number of aromatic nitrogens is 2. The van der Waals surface area contributed by atoms with Gasteiger partial charge in [-0.1, -0.05) is 37.3 Å². The number of hydrogen-bond donors (Lipinski definition) is 4. The molecule has 5 rings (SSSR count). The molecule has 8 heteroatoms. The number of aromatic amines is 1. The number of carboxylic acid groups (broad SMARTS) is 1. The van der Waals surface area contributed by atoms with Gasteiger partial charge in [0, 0.05) is 24.8 Å². The van der Waals surface area contributed by atoms with E-state index in [1.807, 2.05) is 55.5 Å². The molecule has 0 saturated heterocycles. The van der Waals surface area contributed by atoms with Crippen LogP contribution in [0.2, 0.25) is 0 Å². The topological polar surface area (TPSA) is 110 Å². The number of nitrogens with one attached hydrogen (secondary N) is 3. The first-order valence-electron chi connectivity index (χ1n) is 14.1. The van der Waals surface area contributed by atoms with Crippen LogP contribution in [0.3, 0.4) is 0 Å². The molecule has 1 aliphatic heterocycles. The summed E-state index contributed by atoms with van der Waals surface area (Å²) in [6.07, 6.45) is 6.55. The highest BCUT2D eigenvalue weighted by Crippen LogP contribution is 2.40. The van der Waals surface area contributed by atoms with Gasteiger partial charge in [0.2, 0.25) is 11.9 Å². The molecular formula is C30H39N5O3. The van der Waals surface area contributed by atoms with Gasteiger partial charge >= 0.3 is 5.97 Å². The molecule has 0 bridgehead atoms. The van der Waals surface area contributed by atoms with Crippen LogP contribution in [0.1, 0.15) is 63.4 Å². The summed E-state index contributed by atoms with van der Waals surface area (Å²) in [5, 5.41) is 16.5. The summed E-state index contributed by atoms with van der Waals surface area (Å²) in [6.45, 7) is 3.71. The van der Waals surface area contributed by atoms with Crippen molar-refractivity contribution in [1.29, 1.82) is 0 Å². The number of anilines is 2. The first-order valence-corrected chi connectivity index (χ1v) is 14.1. The fourth-order valence-corrected chi connectivity index (χ4v) is 6.29. The van der Waals surface area contributed by atoms with E-state index in [4.69, 9.17) is 0 Å². The lowest BCUT2D eigenvalue weighted by atomic mass is 9.81. The van der Waals surface area contributed by atoms with Crippen molar-refractivity contribution in [3.05, 3.63) is 54.1 Å². The second kappa shape index (κ2) is 11.9. The third kappa shape index (κ3) is 5.95. The Balaban J connectivity index is 1.11. The summed E-state index contributed by atoms with van der Waals surface area (Å²) in [7, 11) is 0. The van der Waals surface area contributed by atoms with E-state index in [2.05, 4.69) is 25.5 Å². The highest BCUT2D eigenvalue weighted by Gasteiger charge is 2.32. The first kappa shape index (κ1) is 26.1. The third-order valence-electron chi connectivity index (χ3n) is 8.36. The monoisotopic (exact) mass is 517 g/mol. The van der Waals surface area contributed by atoms with Gasteiger partial charge in [-0.05, 0) is 80.5 Å². The van der Waals surface area contributed by atoms with Crippen molar-refractivity contribution in [2.45, 2.75) is 63.8 Å². The first-order chi connectivity index (χ1) is 18.5. The van der Waals surface area contributed by atoms with Crippen molar-refractivity contribution in [3.8, 4) is 0 Å². The van der Waals surface area contributed by atoms with Gasteiger partial charge in [-0.15, -0.1) is 0 Å². The number of amides is 1. The number of rotatable bonds is 9. The SMILES string of the molecule is CCC(C(=O)O)C1CCCN(CC(=O)NCC2CCC(Nc3nc4ccccc4[nH]3)CC2)c2ccccc21. The van der Waals surface area contributed by atoms with Crippen molar-refractivity contribution in [2.24, 2.45) is 11.8 Å². The molecular weight excluding hydrogens is 478 g/mol. The van der Waals surface area contributed by atoms with Crippen LogP contribution in [0, 0.1) is 11.8 Å². The maximum Gasteiger partial charge on any atom is 0.307 e. The highest BCUT2D eigenvalue weighted by atomic mass is 16.4. The van der Waals surface area contributed by atoms with E-state index >= 15 is 0 Å². The zero-order valence-electron chi connectivity index (χ0n) is 22.2. The predicted molar refractivity (Wildman–Crippen MR) is 151 cm³/mol. The number of carbonyl (C=O) groups is 2. The van der Waals surface area contributed by atoms with Crippen LogP contribution in [0.5, 0.6) is 0 Å². The molecule has 0 spiro atoms. The van der Waals surface area contributed by atoms with Crippen molar-refractivity contribution in [2.75, 3.05) is 29.9 Å². The van der Waals surface area contributed by atoms with Crippen molar-refractivity contribution in [3.63, 3.8) is 0 Å². The minimum absolute atomic E-state index is 0.0230. The summed E-state index contributed by atoms with van der Waals surface area (Å²) in [5.74, 6) is 0.185. The quantitative estimate of drug-likeness (QED) is 0.313. The molecule has 38 heavy (non-hydrogen) atoms. The summed E-state index contributed by atoms with van der Waals surface area (Å²) in [5.41, 5.74) is 4.08. The fraction of sp³-hybridized carbons (Fsp3) is 0.500. The molecule has 3 aromatic rings. The largest absolute Gasteiger partial charge is 0.481 e. The molecule has 8 nitrogen and oxygen atoms in total. The number of carboxylic acids is 1. The van der Waals surface area contributed by atoms with Crippen LogP contribution in [0.25, 0.3) is 11.0 Å². The molecule has 2 aromatic carbocycles. The molecule has 2 aliphatic rings. The summed E-state index contributed by atoms with van der Waals surface area (Å²) in [4.78, 5) is 35.0. The van der Waals surface area contributed by atoms with Crippen LogP contribution in [0.15, 0.2) is 48.5 Å². The van der Waals surface area contributed by atoms with Crippen molar-refractivity contribution >= 4 is 34.5 Å². The minimum Gasteiger partial charge on any atom is -0.481 e. The summed E-state index contributed by atoms with van der Waals surface area (Å²) in [6, 6.07) is 16.5. The van der Waals surface area contributed by atoms with Gasteiger partial charge in [-0.3, -0.25) is 9.59 Å². The number of para-hydroxylation sites is 3. The number of imidazole rings is 1. The van der Waals surface area contributed by atoms with E-state index < -0.39 is 11.9 Å². The molecule has 1 fully saturated rings. The molecule has 1 amide bonds. The average molecular weight is 518 g/mol. The highest BCUT2D eigenvalue weighted by molar-refractivity contribution is 5.82. The van der Waals surface area contributed by atoms with Gasteiger partial charge in [0.05, 0.1) is 23.5 Å². The Hall–Kier alpha value is -3.55. The molecule has 1 aliphatic carbocycles. The number of aliphatic carboxylic acids is 1. The van der Waals surface area contributed by atoms with Crippen LogP contribution in [0.4, 0.5) is 11.6 Å². The summed E-state index contributed by atoms with van der Waals surface area (Å²) < 4.78 is 0. The predicted octanol–water partition coefficient (Wildman–Crippen LogP) is 5.14. The van der Waals surface area contributed by atoms with Gasteiger partial charge < -0.3 is 25.6 Å². The maximum atomic E-state index is 13.0. The van der Waals surface area contributed by atoms with Crippen molar-refractivity contribution in [1.82, 2.24) is 15.3 Å². The smallest absolute Gasteiger partial charge is 0.307 e. The lowest BCUT2D eigenvalue weighted by molar-refractivity contribution is -0.142. The zero-order valence-corrected chi connectivity index (χ0v) is 22.2. The number of H-pyrrole nitrogens is 1. The Kier molecular flexibility index (Phi) is 8.15. The minimum atomic E-state index is -0.735. The van der Waals surface area contributed by atoms with Gasteiger partial charge in [0.15, 0.2) is 0 Å². The molecule has 1 saturated carbocycles. The maximum absolute atomic E-state index is 13.0. The molecule has 202 valence electrons. The molecule has 1 aromatic heterocycles. The van der Waals surface area contributed by atoms with E-state index in [1.54, 1.807) is 0 Å². The Morgan fingerprint density at radius 2 is 1.84 bits per heavy atom. The number of benzene rings is 2. The van der Waals surface area contributed by atoms with E-state index in [0.29, 0.717) is 31.5 Å². The number of carbonyl (C=O) groups excluding carboxylic acids is 1. The standard InChI is InChI=1S/C30H39N5O3/c1-2-22(29(37)38)23-9-7-17-35(27-12-6-3-8-24(23)27)19-28(36)31-18-20-13-15-21(16-14-20)32-30-33-25-10-4-5-11-26(25)34-30/h3-6,8,10-12,20-23H,2,7,9,13-19H2,1H3,(H,31,36)(H,37,38)(H2,32,33,34). The average Bonchev–Trinajstić information content (AvgIpc) is 3.25. The molecule has 2 heterocycles. The lowest BCUT2D eigenvalue weighted by Crippen LogP contribution is -2.40. The van der Waals surface area contributed by atoms with Crippen LogP contribution in [-0.4, -0.2) is 52.6 Å². The van der Waals surface area contributed by atoms with E-state index in [9.17, 15) is 14.7 Å². The van der Waals surface area contributed by atoms with Gasteiger partial charge in [0.25, 0.3) is 0 Å². The van der Waals surface area contributed by atoms with Crippen LogP contribution in [-0.2, 0) is 9.59 Å². The van der Waals surface area contributed by atoms with Crippen molar-refractivity contribution < 1.29 is 14.7 Å². The zero-order chi connectivity index (χ0) is 26.5. The van der Waals surface area contributed by atoms with E-state index in [0.717, 1.165) is 73.3 Å². The lowest BCUT2D eigenvalue weighted by Gasteiger charge is -2.30. The summed E-state index contributed by atoms with van der Waals surface area (Å²) >= 11 is 0. The van der Waals surface area contributed by atoms with E-state index in [1.165, 1.54) is 0 Å². The Bertz CT molecular complexity index is 1220. The second-order valence-electron chi connectivity index (χ2n) is 10.9.